The number of hydrogen-bond donors (Lipinski definition) is 0. The SMILES string of the molecule is CCC1=[C]CCO1. The molecule has 0 aromatic carbocycles. The van der Waals surface area contributed by atoms with Crippen LogP contribution in [0.2, 0.25) is 0 Å². The highest BCUT2D eigenvalue weighted by molar-refractivity contribution is 4.89. The van der Waals surface area contributed by atoms with Crippen molar-refractivity contribution < 1.29 is 4.74 Å². The van der Waals surface area contributed by atoms with E-state index in [1.807, 2.05) is 0 Å². The van der Waals surface area contributed by atoms with Crippen molar-refractivity contribution in [3.05, 3.63) is 11.8 Å². The lowest BCUT2D eigenvalue weighted by atomic mass is 10.3. The van der Waals surface area contributed by atoms with Gasteiger partial charge >= 0.3 is 0 Å². The van der Waals surface area contributed by atoms with Gasteiger partial charge in [0.05, 0.1) is 12.4 Å². The summed E-state index contributed by atoms with van der Waals surface area (Å²) in [6.45, 7) is 2.93. The molecule has 0 N–H and O–H groups in total. The smallest absolute Gasteiger partial charge is 0.0994 e. The predicted molar refractivity (Wildman–Crippen MR) is 27.6 cm³/mol. The average Bonchev–Trinajstić information content (AvgIpc) is 2.14. The van der Waals surface area contributed by atoms with Crippen LogP contribution in [0.1, 0.15) is 19.8 Å². The summed E-state index contributed by atoms with van der Waals surface area (Å²) in [5.74, 6) is 1.04. The van der Waals surface area contributed by atoms with Crippen molar-refractivity contribution in [3.8, 4) is 0 Å². The largest absolute Gasteiger partial charge is 0.497 e. The first-order valence-corrected chi connectivity index (χ1v) is 2.66. The van der Waals surface area contributed by atoms with Gasteiger partial charge in [0.25, 0.3) is 0 Å². The van der Waals surface area contributed by atoms with Crippen molar-refractivity contribution in [2.75, 3.05) is 6.61 Å². The van der Waals surface area contributed by atoms with E-state index in [2.05, 4.69) is 13.0 Å². The van der Waals surface area contributed by atoms with Gasteiger partial charge in [0.15, 0.2) is 0 Å². The molecule has 1 rings (SSSR count). The maximum atomic E-state index is 5.11. The van der Waals surface area contributed by atoms with Crippen LogP contribution in [-0.2, 0) is 4.74 Å². The summed E-state index contributed by atoms with van der Waals surface area (Å²) in [6, 6.07) is 0. The molecule has 0 aromatic heterocycles. The second kappa shape index (κ2) is 2.01. The van der Waals surface area contributed by atoms with Crippen LogP contribution >= 0.6 is 0 Å². The Morgan fingerprint density at radius 3 is 3.00 bits per heavy atom. The Balaban J connectivity index is 2.36. The lowest BCUT2D eigenvalue weighted by Crippen LogP contribution is -1.80. The molecule has 1 nitrogen and oxygen atoms in total. The molecule has 1 heterocycles. The first-order valence-electron chi connectivity index (χ1n) is 2.66. The second-order valence-electron chi connectivity index (χ2n) is 1.55. The summed E-state index contributed by atoms with van der Waals surface area (Å²) in [4.78, 5) is 0. The topological polar surface area (TPSA) is 9.23 Å². The molecule has 1 radical (unpaired) electrons. The van der Waals surface area contributed by atoms with E-state index in [9.17, 15) is 0 Å². The molecule has 1 aliphatic heterocycles. The van der Waals surface area contributed by atoms with Crippen LogP contribution in [0, 0.1) is 6.08 Å². The second-order valence-corrected chi connectivity index (χ2v) is 1.55. The predicted octanol–water partition coefficient (Wildman–Crippen LogP) is 1.50. The highest BCUT2D eigenvalue weighted by Crippen LogP contribution is 2.09. The van der Waals surface area contributed by atoms with Gasteiger partial charge in [-0.05, 0) is 6.08 Å². The third-order valence-electron chi connectivity index (χ3n) is 1.02. The van der Waals surface area contributed by atoms with Crippen LogP contribution in [0.3, 0.4) is 0 Å². The first-order chi connectivity index (χ1) is 3.43. The monoisotopic (exact) mass is 97.1 g/mol. The van der Waals surface area contributed by atoms with E-state index in [0.717, 1.165) is 25.2 Å². The summed E-state index contributed by atoms with van der Waals surface area (Å²) in [6.07, 6.45) is 5.09. The van der Waals surface area contributed by atoms with E-state index in [1.54, 1.807) is 0 Å². The van der Waals surface area contributed by atoms with Crippen molar-refractivity contribution in [2.45, 2.75) is 19.8 Å². The third kappa shape index (κ3) is 0.952. The van der Waals surface area contributed by atoms with Gasteiger partial charge < -0.3 is 4.74 Å². The fourth-order valence-electron chi connectivity index (χ4n) is 0.643. The van der Waals surface area contributed by atoms with Gasteiger partial charge in [-0.25, -0.2) is 0 Å². The molecule has 39 valence electrons. The first kappa shape index (κ1) is 4.69. The summed E-state index contributed by atoms with van der Waals surface area (Å²) < 4.78 is 5.11. The van der Waals surface area contributed by atoms with Crippen molar-refractivity contribution in [2.24, 2.45) is 0 Å². The molecule has 1 aliphatic rings. The highest BCUT2D eigenvalue weighted by atomic mass is 16.5. The molecule has 0 spiro atoms. The van der Waals surface area contributed by atoms with Gasteiger partial charge in [-0.2, -0.15) is 0 Å². The Kier molecular flexibility index (Phi) is 1.35. The van der Waals surface area contributed by atoms with Crippen LogP contribution in [0.15, 0.2) is 5.76 Å². The summed E-state index contributed by atoms with van der Waals surface area (Å²) >= 11 is 0. The fourth-order valence-corrected chi connectivity index (χ4v) is 0.643. The Bertz CT molecular complexity index is 84.2. The van der Waals surface area contributed by atoms with E-state index in [0.29, 0.717) is 0 Å². The van der Waals surface area contributed by atoms with E-state index in [4.69, 9.17) is 4.74 Å². The zero-order chi connectivity index (χ0) is 5.11. The summed E-state index contributed by atoms with van der Waals surface area (Å²) in [5, 5.41) is 0. The van der Waals surface area contributed by atoms with E-state index >= 15 is 0 Å². The van der Waals surface area contributed by atoms with Gasteiger partial charge in [-0.1, -0.05) is 6.92 Å². The highest BCUT2D eigenvalue weighted by Gasteiger charge is 2.00. The van der Waals surface area contributed by atoms with Crippen molar-refractivity contribution in [3.63, 3.8) is 0 Å². The Hall–Kier alpha value is -0.460. The van der Waals surface area contributed by atoms with E-state index < -0.39 is 0 Å². The van der Waals surface area contributed by atoms with Crippen LogP contribution in [-0.4, -0.2) is 6.61 Å². The molecule has 0 unspecified atom stereocenters. The molecule has 0 fully saturated rings. The molecular formula is C6H9O. The maximum Gasteiger partial charge on any atom is 0.0994 e. The summed E-state index contributed by atoms with van der Waals surface area (Å²) in [7, 11) is 0. The molecule has 0 saturated carbocycles. The van der Waals surface area contributed by atoms with Crippen LogP contribution in [0.4, 0.5) is 0 Å². The molecule has 0 bridgehead atoms. The Labute approximate surface area is 44.0 Å². The minimum absolute atomic E-state index is 0.850. The minimum atomic E-state index is 0.850. The van der Waals surface area contributed by atoms with Crippen LogP contribution < -0.4 is 0 Å². The molecule has 0 aliphatic carbocycles. The lowest BCUT2D eigenvalue weighted by Gasteiger charge is -1.94. The Morgan fingerprint density at radius 2 is 2.71 bits per heavy atom. The average molecular weight is 97.1 g/mol. The van der Waals surface area contributed by atoms with Crippen molar-refractivity contribution in [1.29, 1.82) is 0 Å². The molecule has 0 saturated heterocycles. The number of allylic oxidation sites excluding steroid dienone is 1. The Morgan fingerprint density at radius 1 is 1.86 bits per heavy atom. The normalized spacial score (nSPS) is 18.7. The molecule has 0 amide bonds. The van der Waals surface area contributed by atoms with Crippen LogP contribution in [0.25, 0.3) is 0 Å². The van der Waals surface area contributed by atoms with Gasteiger partial charge in [-0.15, -0.1) is 0 Å². The zero-order valence-electron chi connectivity index (χ0n) is 4.53. The third-order valence-corrected chi connectivity index (χ3v) is 1.02. The number of hydrogen-bond acceptors (Lipinski definition) is 1. The molecule has 7 heavy (non-hydrogen) atoms. The fraction of sp³-hybridized carbons (Fsp3) is 0.667. The van der Waals surface area contributed by atoms with E-state index in [1.165, 1.54) is 0 Å². The van der Waals surface area contributed by atoms with E-state index in [-0.39, 0.29) is 0 Å². The number of ether oxygens (including phenoxy) is 1. The minimum Gasteiger partial charge on any atom is -0.497 e. The maximum absolute atomic E-state index is 5.11. The quantitative estimate of drug-likeness (QED) is 0.482. The van der Waals surface area contributed by atoms with Gasteiger partial charge in [0, 0.05) is 12.8 Å². The molecule has 1 heteroatoms. The lowest BCUT2D eigenvalue weighted by molar-refractivity contribution is 0.237. The zero-order valence-corrected chi connectivity index (χ0v) is 4.53. The number of rotatable bonds is 1. The molecule has 0 atom stereocenters. The van der Waals surface area contributed by atoms with Crippen molar-refractivity contribution in [1.82, 2.24) is 0 Å². The summed E-state index contributed by atoms with van der Waals surface area (Å²) in [5.41, 5.74) is 0. The standard InChI is InChI=1S/C6H9O/c1-2-6-4-3-5-7-6/h2-3,5H2,1H3. The molecular weight excluding hydrogens is 88.1 g/mol. The molecule has 0 aromatic rings. The van der Waals surface area contributed by atoms with Gasteiger partial charge in [0.2, 0.25) is 0 Å². The van der Waals surface area contributed by atoms with Crippen LogP contribution in [0.5, 0.6) is 0 Å². The van der Waals surface area contributed by atoms with Gasteiger partial charge in [0.1, 0.15) is 0 Å². The van der Waals surface area contributed by atoms with Gasteiger partial charge in [-0.3, -0.25) is 0 Å². The van der Waals surface area contributed by atoms with Crippen molar-refractivity contribution >= 4 is 0 Å².